The highest BCUT2D eigenvalue weighted by Crippen LogP contribution is 2.09. The molecule has 5 heteroatoms. The first-order chi connectivity index (χ1) is 11.3. The zero-order chi connectivity index (χ0) is 18.0. The molecule has 0 aromatic heterocycles. The van der Waals surface area contributed by atoms with E-state index in [-0.39, 0.29) is 0 Å². The number of ether oxygens (including phenoxy) is 2. The van der Waals surface area contributed by atoms with Crippen molar-refractivity contribution in [3.8, 4) is 0 Å². The van der Waals surface area contributed by atoms with Crippen LogP contribution in [0, 0.1) is 0 Å². The third-order valence-electron chi connectivity index (χ3n) is 3.25. The zero-order valence-electron chi connectivity index (χ0n) is 15.1. The summed E-state index contributed by atoms with van der Waals surface area (Å²) < 4.78 is 10.5. The molecule has 0 aliphatic heterocycles. The average Bonchev–Trinajstić information content (AvgIpc) is 2.50. The van der Waals surface area contributed by atoms with Crippen LogP contribution in [0.5, 0.6) is 0 Å². The fraction of sp³-hybridized carbons (Fsp3) is 0.579. The van der Waals surface area contributed by atoms with Gasteiger partial charge >= 0.3 is 12.1 Å². The Kier molecular flexibility index (Phi) is 8.30. The van der Waals surface area contributed by atoms with Crippen LogP contribution in [0.1, 0.15) is 52.5 Å². The molecule has 24 heavy (non-hydrogen) atoms. The maximum absolute atomic E-state index is 12.3. The van der Waals surface area contributed by atoms with E-state index < -0.39 is 23.7 Å². The van der Waals surface area contributed by atoms with Crippen molar-refractivity contribution in [1.29, 1.82) is 0 Å². The van der Waals surface area contributed by atoms with E-state index in [4.69, 9.17) is 9.47 Å². The van der Waals surface area contributed by atoms with Crippen LogP contribution in [0.25, 0.3) is 0 Å². The summed E-state index contributed by atoms with van der Waals surface area (Å²) in [5.74, 6) is -0.430. The minimum absolute atomic E-state index is 0.368. The van der Waals surface area contributed by atoms with E-state index in [0.717, 1.165) is 24.8 Å². The number of alkyl carbamates (subject to hydrolysis) is 1. The van der Waals surface area contributed by atoms with E-state index in [1.165, 1.54) is 0 Å². The molecule has 0 heterocycles. The standard InChI is InChI=1S/C19H29NO4/c1-5-6-10-13-23-17(21)16(14-15-11-8-7-9-12-15)20-18(22)24-19(2,3)4/h7-9,11-12,16H,5-6,10,13-14H2,1-4H3,(H,20,22). The maximum atomic E-state index is 12.3. The Bertz CT molecular complexity index is 508. The number of hydrogen-bond acceptors (Lipinski definition) is 4. The predicted octanol–water partition coefficient (Wildman–Crippen LogP) is 3.86. The smallest absolute Gasteiger partial charge is 0.408 e. The molecule has 0 radical (unpaired) electrons. The molecular weight excluding hydrogens is 306 g/mol. The van der Waals surface area contributed by atoms with Crippen LogP contribution in [0.4, 0.5) is 4.79 Å². The van der Waals surface area contributed by atoms with E-state index in [1.54, 1.807) is 20.8 Å². The summed E-state index contributed by atoms with van der Waals surface area (Å²) >= 11 is 0. The molecule has 1 amide bonds. The molecule has 134 valence electrons. The number of hydrogen-bond donors (Lipinski definition) is 1. The van der Waals surface area contributed by atoms with Crippen molar-refractivity contribution in [1.82, 2.24) is 5.32 Å². The van der Waals surface area contributed by atoms with Gasteiger partial charge in [-0.25, -0.2) is 9.59 Å². The highest BCUT2D eigenvalue weighted by molar-refractivity contribution is 5.81. The van der Waals surface area contributed by atoms with Gasteiger partial charge in [0, 0.05) is 6.42 Å². The highest BCUT2D eigenvalue weighted by atomic mass is 16.6. The first-order valence-electron chi connectivity index (χ1n) is 8.52. The molecule has 1 unspecified atom stereocenters. The van der Waals surface area contributed by atoms with Crippen LogP contribution in [0.2, 0.25) is 0 Å². The lowest BCUT2D eigenvalue weighted by Crippen LogP contribution is -2.45. The van der Waals surface area contributed by atoms with Gasteiger partial charge in [0.25, 0.3) is 0 Å². The van der Waals surface area contributed by atoms with Crippen molar-refractivity contribution >= 4 is 12.1 Å². The zero-order valence-corrected chi connectivity index (χ0v) is 15.1. The van der Waals surface area contributed by atoms with Gasteiger partial charge in [0.15, 0.2) is 0 Å². The van der Waals surface area contributed by atoms with Gasteiger partial charge < -0.3 is 14.8 Å². The number of carbonyl (C=O) groups is 2. The molecule has 0 fully saturated rings. The summed E-state index contributed by atoms with van der Waals surface area (Å²) in [6, 6.07) is 8.76. The minimum atomic E-state index is -0.760. The van der Waals surface area contributed by atoms with Crippen molar-refractivity contribution in [2.45, 2.75) is 65.0 Å². The monoisotopic (exact) mass is 335 g/mol. The maximum Gasteiger partial charge on any atom is 0.408 e. The molecule has 1 aromatic rings. The number of benzene rings is 1. The largest absolute Gasteiger partial charge is 0.464 e. The lowest BCUT2D eigenvalue weighted by Gasteiger charge is -2.23. The summed E-state index contributed by atoms with van der Waals surface area (Å²) in [6.07, 6.45) is 2.64. The summed E-state index contributed by atoms with van der Waals surface area (Å²) in [7, 11) is 0. The van der Waals surface area contributed by atoms with E-state index in [9.17, 15) is 9.59 Å². The van der Waals surface area contributed by atoms with Gasteiger partial charge in [-0.15, -0.1) is 0 Å². The van der Waals surface area contributed by atoms with Gasteiger partial charge in [0.1, 0.15) is 11.6 Å². The van der Waals surface area contributed by atoms with Crippen molar-refractivity contribution in [2.24, 2.45) is 0 Å². The number of nitrogens with one attached hydrogen (secondary N) is 1. The second-order valence-electron chi connectivity index (χ2n) is 6.76. The number of carbonyl (C=O) groups excluding carboxylic acids is 2. The molecular formula is C19H29NO4. The topological polar surface area (TPSA) is 64.6 Å². The number of amides is 1. The SMILES string of the molecule is CCCCCOC(=O)C(Cc1ccccc1)NC(=O)OC(C)(C)C. The lowest BCUT2D eigenvalue weighted by molar-refractivity contribution is -0.146. The molecule has 5 nitrogen and oxygen atoms in total. The Morgan fingerprint density at radius 2 is 1.79 bits per heavy atom. The molecule has 0 aliphatic rings. The van der Waals surface area contributed by atoms with E-state index in [1.807, 2.05) is 30.3 Å². The van der Waals surface area contributed by atoms with Crippen LogP contribution in [-0.2, 0) is 20.7 Å². The van der Waals surface area contributed by atoms with Gasteiger partial charge in [-0.2, -0.15) is 0 Å². The van der Waals surface area contributed by atoms with Gasteiger partial charge in [-0.05, 0) is 32.8 Å². The average molecular weight is 335 g/mol. The van der Waals surface area contributed by atoms with Crippen molar-refractivity contribution in [3.05, 3.63) is 35.9 Å². The van der Waals surface area contributed by atoms with E-state index in [0.29, 0.717) is 13.0 Å². The number of rotatable bonds is 8. The summed E-state index contributed by atoms with van der Waals surface area (Å²) in [5, 5.41) is 2.63. The molecule has 0 spiro atoms. The van der Waals surface area contributed by atoms with Crippen molar-refractivity contribution in [3.63, 3.8) is 0 Å². The number of esters is 1. The molecule has 0 saturated carbocycles. The third kappa shape index (κ3) is 8.56. The third-order valence-corrected chi connectivity index (χ3v) is 3.25. The molecule has 1 atom stereocenters. The summed E-state index contributed by atoms with van der Waals surface area (Å²) in [5.41, 5.74) is 0.330. The quantitative estimate of drug-likeness (QED) is 0.579. The molecule has 0 saturated heterocycles. The number of unbranched alkanes of at least 4 members (excludes halogenated alkanes) is 2. The van der Waals surface area contributed by atoms with Gasteiger partial charge in [-0.1, -0.05) is 50.1 Å². The summed E-state index contributed by atoms with van der Waals surface area (Å²) in [4.78, 5) is 24.3. The van der Waals surface area contributed by atoms with Crippen molar-refractivity contribution < 1.29 is 19.1 Å². The Morgan fingerprint density at radius 3 is 2.38 bits per heavy atom. The van der Waals surface area contributed by atoms with Crippen LogP contribution >= 0.6 is 0 Å². The second-order valence-corrected chi connectivity index (χ2v) is 6.76. The first kappa shape index (κ1) is 20.0. The van der Waals surface area contributed by atoms with Crippen LogP contribution in [0.3, 0.4) is 0 Å². The Morgan fingerprint density at radius 1 is 1.12 bits per heavy atom. The first-order valence-corrected chi connectivity index (χ1v) is 8.52. The lowest BCUT2D eigenvalue weighted by atomic mass is 10.1. The fourth-order valence-corrected chi connectivity index (χ4v) is 2.12. The second kappa shape index (κ2) is 9.96. The Balaban J connectivity index is 2.67. The van der Waals surface area contributed by atoms with Crippen LogP contribution in [0.15, 0.2) is 30.3 Å². The van der Waals surface area contributed by atoms with Crippen molar-refractivity contribution in [2.75, 3.05) is 6.61 Å². The van der Waals surface area contributed by atoms with Crippen LogP contribution in [-0.4, -0.2) is 30.3 Å². The van der Waals surface area contributed by atoms with Crippen LogP contribution < -0.4 is 5.32 Å². The highest BCUT2D eigenvalue weighted by Gasteiger charge is 2.25. The van der Waals surface area contributed by atoms with Gasteiger partial charge in [0.2, 0.25) is 0 Å². The summed E-state index contributed by atoms with van der Waals surface area (Å²) in [6.45, 7) is 7.80. The van der Waals surface area contributed by atoms with E-state index >= 15 is 0 Å². The minimum Gasteiger partial charge on any atom is -0.464 e. The molecule has 1 N–H and O–H groups in total. The van der Waals surface area contributed by atoms with Gasteiger partial charge in [0.05, 0.1) is 6.61 Å². The Labute approximate surface area is 144 Å². The van der Waals surface area contributed by atoms with E-state index in [2.05, 4.69) is 12.2 Å². The predicted molar refractivity (Wildman–Crippen MR) is 93.8 cm³/mol. The molecule has 1 rings (SSSR count). The molecule has 0 aliphatic carbocycles. The molecule has 0 bridgehead atoms. The Hall–Kier alpha value is -2.04. The van der Waals surface area contributed by atoms with Gasteiger partial charge in [-0.3, -0.25) is 0 Å². The normalized spacial score (nSPS) is 12.3. The molecule has 1 aromatic carbocycles. The fourth-order valence-electron chi connectivity index (χ4n) is 2.12.